The van der Waals surface area contributed by atoms with Gasteiger partial charge in [0, 0.05) is 18.9 Å². The van der Waals surface area contributed by atoms with E-state index in [1.807, 2.05) is 25.2 Å². The molecular weight excluding hydrogens is 204 g/mol. The Hall–Kier alpha value is -1.97. The highest BCUT2D eigenvalue weighted by molar-refractivity contribution is 5.99. The van der Waals surface area contributed by atoms with E-state index in [1.165, 1.54) is 0 Å². The topological polar surface area (TPSA) is 43.4 Å². The van der Waals surface area contributed by atoms with Crippen LogP contribution in [0, 0.1) is 0 Å². The summed E-state index contributed by atoms with van der Waals surface area (Å²) < 4.78 is 10.6. The van der Waals surface area contributed by atoms with E-state index >= 15 is 0 Å². The summed E-state index contributed by atoms with van der Waals surface area (Å²) in [6.45, 7) is 0. The number of pyridine rings is 1. The first kappa shape index (κ1) is 10.5. The van der Waals surface area contributed by atoms with Gasteiger partial charge in [0.2, 0.25) is 0 Å². The molecule has 16 heavy (non-hydrogen) atoms. The maximum Gasteiger partial charge on any atom is 0.145 e. The predicted molar refractivity (Wildman–Crippen MR) is 64.4 cm³/mol. The minimum Gasteiger partial charge on any atom is -0.496 e. The first-order valence-corrected chi connectivity index (χ1v) is 4.99. The molecule has 0 radical (unpaired) electrons. The highest BCUT2D eigenvalue weighted by Crippen LogP contribution is 2.35. The zero-order valence-electron chi connectivity index (χ0n) is 9.57. The van der Waals surface area contributed by atoms with Crippen molar-refractivity contribution < 1.29 is 9.47 Å². The Bertz CT molecular complexity index is 501. The molecule has 0 bridgehead atoms. The molecule has 1 aromatic heterocycles. The molecule has 4 heteroatoms. The van der Waals surface area contributed by atoms with Crippen molar-refractivity contribution in [1.29, 1.82) is 0 Å². The number of rotatable bonds is 3. The number of hydrogen-bond acceptors (Lipinski definition) is 4. The number of aromatic nitrogens is 1. The number of nitrogens with one attached hydrogen (secondary N) is 1. The lowest BCUT2D eigenvalue weighted by Crippen LogP contribution is -1.96. The Morgan fingerprint density at radius 1 is 1.06 bits per heavy atom. The van der Waals surface area contributed by atoms with Gasteiger partial charge in [-0.05, 0) is 18.2 Å². The van der Waals surface area contributed by atoms with E-state index in [4.69, 9.17) is 9.47 Å². The van der Waals surface area contributed by atoms with Gasteiger partial charge in [-0.15, -0.1) is 0 Å². The van der Waals surface area contributed by atoms with Crippen molar-refractivity contribution in [2.24, 2.45) is 0 Å². The fraction of sp³-hybridized carbons (Fsp3) is 0.250. The van der Waals surface area contributed by atoms with E-state index in [0.29, 0.717) is 0 Å². The SMILES string of the molecule is CNc1ccnc2c(OC)ccc(OC)c12. The summed E-state index contributed by atoms with van der Waals surface area (Å²) in [7, 11) is 5.15. The third-order valence-electron chi connectivity index (χ3n) is 2.53. The lowest BCUT2D eigenvalue weighted by Gasteiger charge is -2.12. The van der Waals surface area contributed by atoms with Gasteiger partial charge in [0.05, 0.1) is 19.6 Å². The average molecular weight is 218 g/mol. The maximum absolute atomic E-state index is 5.33. The van der Waals surface area contributed by atoms with E-state index < -0.39 is 0 Å². The first-order valence-electron chi connectivity index (χ1n) is 4.99. The summed E-state index contributed by atoms with van der Waals surface area (Å²) in [5.41, 5.74) is 1.77. The van der Waals surface area contributed by atoms with E-state index in [2.05, 4.69) is 10.3 Å². The van der Waals surface area contributed by atoms with Crippen molar-refractivity contribution in [1.82, 2.24) is 4.98 Å². The smallest absolute Gasteiger partial charge is 0.145 e. The lowest BCUT2D eigenvalue weighted by molar-refractivity contribution is 0.410. The predicted octanol–water partition coefficient (Wildman–Crippen LogP) is 2.29. The molecule has 0 aliphatic rings. The fourth-order valence-electron chi connectivity index (χ4n) is 1.75. The van der Waals surface area contributed by atoms with E-state index in [-0.39, 0.29) is 0 Å². The minimum atomic E-state index is 0.743. The number of anilines is 1. The van der Waals surface area contributed by atoms with Crippen molar-refractivity contribution in [2.75, 3.05) is 26.6 Å². The van der Waals surface area contributed by atoms with Crippen molar-refractivity contribution >= 4 is 16.6 Å². The van der Waals surface area contributed by atoms with Crippen molar-refractivity contribution in [2.45, 2.75) is 0 Å². The summed E-state index contributed by atoms with van der Waals surface area (Å²) in [5.74, 6) is 1.53. The van der Waals surface area contributed by atoms with Crippen LogP contribution in [0.25, 0.3) is 10.9 Å². The van der Waals surface area contributed by atoms with Gasteiger partial charge in [-0.25, -0.2) is 0 Å². The molecular formula is C12H14N2O2. The molecule has 84 valence electrons. The molecule has 0 atom stereocenters. The number of fused-ring (bicyclic) bond motifs is 1. The molecule has 0 aliphatic carbocycles. The van der Waals surface area contributed by atoms with Gasteiger partial charge in [0.15, 0.2) is 0 Å². The van der Waals surface area contributed by atoms with Crippen LogP contribution in [-0.4, -0.2) is 26.3 Å². The number of hydrogen-bond donors (Lipinski definition) is 1. The second-order valence-electron chi connectivity index (χ2n) is 3.30. The molecule has 0 fully saturated rings. The molecule has 2 aromatic rings. The Labute approximate surface area is 94.2 Å². The summed E-state index contributed by atoms with van der Waals surface area (Å²) in [5, 5.41) is 4.06. The molecule has 0 saturated carbocycles. The number of benzene rings is 1. The molecule has 1 N–H and O–H groups in total. The number of nitrogens with zero attached hydrogens (tertiary/aromatic N) is 1. The quantitative estimate of drug-likeness (QED) is 0.858. The number of ether oxygens (including phenoxy) is 2. The molecule has 1 heterocycles. The molecule has 0 amide bonds. The van der Waals surface area contributed by atoms with Gasteiger partial charge in [-0.3, -0.25) is 4.98 Å². The maximum atomic E-state index is 5.33. The van der Waals surface area contributed by atoms with Crippen molar-refractivity contribution in [3.05, 3.63) is 24.4 Å². The average Bonchev–Trinajstić information content (AvgIpc) is 2.36. The second kappa shape index (κ2) is 4.26. The van der Waals surface area contributed by atoms with Crippen molar-refractivity contribution in [3.8, 4) is 11.5 Å². The van der Waals surface area contributed by atoms with E-state index in [1.54, 1.807) is 20.4 Å². The Morgan fingerprint density at radius 3 is 2.38 bits per heavy atom. The second-order valence-corrected chi connectivity index (χ2v) is 3.30. The molecule has 1 aromatic carbocycles. The van der Waals surface area contributed by atoms with Crippen LogP contribution in [0.5, 0.6) is 11.5 Å². The third kappa shape index (κ3) is 1.52. The van der Waals surface area contributed by atoms with Crippen LogP contribution in [0.2, 0.25) is 0 Å². The minimum absolute atomic E-state index is 0.743. The van der Waals surface area contributed by atoms with Crippen LogP contribution in [0.15, 0.2) is 24.4 Å². The van der Waals surface area contributed by atoms with Gasteiger partial charge in [-0.1, -0.05) is 0 Å². The standard InChI is InChI=1S/C12H14N2O2/c1-13-8-6-7-14-12-10(16-3)5-4-9(15-2)11(8)12/h4-7H,1-3H3,(H,13,14). The summed E-state index contributed by atoms with van der Waals surface area (Å²) >= 11 is 0. The van der Waals surface area contributed by atoms with Crippen LogP contribution in [0.1, 0.15) is 0 Å². The summed E-state index contributed by atoms with van der Waals surface area (Å²) in [6, 6.07) is 5.64. The molecule has 0 spiro atoms. The van der Waals surface area contributed by atoms with Gasteiger partial charge in [0.25, 0.3) is 0 Å². The summed E-state index contributed by atoms with van der Waals surface area (Å²) in [6.07, 6.45) is 1.75. The van der Waals surface area contributed by atoms with Gasteiger partial charge >= 0.3 is 0 Å². The van der Waals surface area contributed by atoms with Crippen LogP contribution in [0.3, 0.4) is 0 Å². The fourth-order valence-corrected chi connectivity index (χ4v) is 1.75. The van der Waals surface area contributed by atoms with E-state index in [9.17, 15) is 0 Å². The number of methoxy groups -OCH3 is 2. The zero-order chi connectivity index (χ0) is 11.5. The van der Waals surface area contributed by atoms with Gasteiger partial charge in [0.1, 0.15) is 17.0 Å². The Kier molecular flexibility index (Phi) is 2.81. The van der Waals surface area contributed by atoms with Gasteiger partial charge < -0.3 is 14.8 Å². The normalized spacial score (nSPS) is 10.2. The lowest BCUT2D eigenvalue weighted by atomic mass is 10.1. The Balaban J connectivity index is 2.84. The zero-order valence-corrected chi connectivity index (χ0v) is 9.57. The van der Waals surface area contributed by atoms with Crippen LogP contribution >= 0.6 is 0 Å². The molecule has 2 rings (SSSR count). The molecule has 4 nitrogen and oxygen atoms in total. The third-order valence-corrected chi connectivity index (χ3v) is 2.53. The highest BCUT2D eigenvalue weighted by Gasteiger charge is 2.11. The Morgan fingerprint density at radius 2 is 1.75 bits per heavy atom. The van der Waals surface area contributed by atoms with E-state index in [0.717, 1.165) is 28.1 Å². The summed E-state index contributed by atoms with van der Waals surface area (Å²) in [4.78, 5) is 4.32. The first-order chi connectivity index (χ1) is 7.81. The highest BCUT2D eigenvalue weighted by atomic mass is 16.5. The monoisotopic (exact) mass is 218 g/mol. The van der Waals surface area contributed by atoms with Crippen LogP contribution in [-0.2, 0) is 0 Å². The van der Waals surface area contributed by atoms with Crippen molar-refractivity contribution in [3.63, 3.8) is 0 Å². The molecule has 0 aliphatic heterocycles. The largest absolute Gasteiger partial charge is 0.496 e. The van der Waals surface area contributed by atoms with Crippen LogP contribution < -0.4 is 14.8 Å². The van der Waals surface area contributed by atoms with Gasteiger partial charge in [-0.2, -0.15) is 0 Å². The van der Waals surface area contributed by atoms with Crippen LogP contribution in [0.4, 0.5) is 5.69 Å². The molecule has 0 unspecified atom stereocenters. The molecule has 0 saturated heterocycles.